The van der Waals surface area contributed by atoms with Crippen molar-refractivity contribution in [2.45, 2.75) is 32.2 Å². The van der Waals surface area contributed by atoms with Crippen molar-refractivity contribution >= 4 is 11.7 Å². The molecule has 3 saturated carbocycles. The zero-order valence-electron chi connectivity index (χ0n) is 13.7. The van der Waals surface area contributed by atoms with Gasteiger partial charge in [0.2, 0.25) is 0 Å². The van der Waals surface area contributed by atoms with Gasteiger partial charge in [0, 0.05) is 17.8 Å². The van der Waals surface area contributed by atoms with E-state index in [2.05, 4.69) is 10.6 Å². The fraction of sp³-hybridized carbons (Fsp3) is 0.611. The lowest BCUT2D eigenvalue weighted by atomic mass is 10.0. The standard InChI is InChI=1S/C18H24N2O3/c1-3-23-14-9-12(6-7-13(14)22-2)19-18(21)20-17-15-10-4-5-11(8-10)16(15)17/h6-7,9-11,15-17H,3-5,8H2,1-2H3,(H2,19,20,21). The van der Waals surface area contributed by atoms with E-state index in [-0.39, 0.29) is 6.03 Å². The molecule has 2 N–H and O–H groups in total. The van der Waals surface area contributed by atoms with Crippen LogP contribution in [0.2, 0.25) is 0 Å². The van der Waals surface area contributed by atoms with Crippen LogP contribution < -0.4 is 20.1 Å². The number of anilines is 1. The smallest absolute Gasteiger partial charge is 0.319 e. The number of amides is 2. The first kappa shape index (κ1) is 14.7. The maximum atomic E-state index is 12.3. The maximum absolute atomic E-state index is 12.3. The Hall–Kier alpha value is -1.91. The zero-order chi connectivity index (χ0) is 16.0. The van der Waals surface area contributed by atoms with Crippen LogP contribution in [-0.4, -0.2) is 25.8 Å². The molecule has 124 valence electrons. The fourth-order valence-corrected chi connectivity index (χ4v) is 4.86. The van der Waals surface area contributed by atoms with E-state index in [1.165, 1.54) is 19.3 Å². The number of hydrogen-bond acceptors (Lipinski definition) is 3. The SMILES string of the molecule is CCOc1cc(NC(=O)NC2C3C4CCC(C4)C23)ccc1OC. The molecule has 2 bridgehead atoms. The Labute approximate surface area is 136 Å². The molecular formula is C18H24N2O3. The minimum atomic E-state index is -0.114. The van der Waals surface area contributed by atoms with Crippen LogP contribution in [0, 0.1) is 23.7 Å². The van der Waals surface area contributed by atoms with E-state index in [0.29, 0.717) is 24.1 Å². The maximum Gasteiger partial charge on any atom is 0.319 e. The van der Waals surface area contributed by atoms with Crippen LogP contribution in [0.5, 0.6) is 11.5 Å². The highest BCUT2D eigenvalue weighted by Crippen LogP contribution is 2.65. The highest BCUT2D eigenvalue weighted by Gasteiger charge is 2.65. The number of carbonyl (C=O) groups is 1. The summed E-state index contributed by atoms with van der Waals surface area (Å²) in [5.41, 5.74) is 0.723. The molecular weight excluding hydrogens is 292 g/mol. The predicted octanol–water partition coefficient (Wildman–Crippen LogP) is 3.26. The summed E-state index contributed by atoms with van der Waals surface area (Å²) in [6, 6.07) is 5.73. The molecule has 5 heteroatoms. The van der Waals surface area contributed by atoms with Crippen LogP contribution in [0.4, 0.5) is 10.5 Å². The van der Waals surface area contributed by atoms with Crippen molar-refractivity contribution in [1.82, 2.24) is 5.32 Å². The molecule has 2 amide bonds. The third-order valence-corrected chi connectivity index (χ3v) is 5.75. The molecule has 3 aliphatic rings. The predicted molar refractivity (Wildman–Crippen MR) is 87.9 cm³/mol. The summed E-state index contributed by atoms with van der Waals surface area (Å²) in [7, 11) is 1.61. The van der Waals surface area contributed by atoms with Crippen molar-refractivity contribution in [3.05, 3.63) is 18.2 Å². The van der Waals surface area contributed by atoms with Crippen LogP contribution in [0.25, 0.3) is 0 Å². The molecule has 4 unspecified atom stereocenters. The lowest BCUT2D eigenvalue weighted by molar-refractivity contribution is 0.249. The van der Waals surface area contributed by atoms with E-state index in [1.807, 2.05) is 19.1 Å². The van der Waals surface area contributed by atoms with Crippen LogP contribution in [-0.2, 0) is 0 Å². The second kappa shape index (κ2) is 5.62. The zero-order valence-corrected chi connectivity index (χ0v) is 13.7. The van der Waals surface area contributed by atoms with E-state index >= 15 is 0 Å². The first-order valence-corrected chi connectivity index (χ1v) is 8.59. The number of carbonyl (C=O) groups excluding carboxylic acids is 1. The van der Waals surface area contributed by atoms with Gasteiger partial charge < -0.3 is 20.1 Å². The molecule has 1 aromatic rings. The number of ether oxygens (including phenoxy) is 2. The molecule has 0 aliphatic heterocycles. The molecule has 0 saturated heterocycles. The number of methoxy groups -OCH3 is 1. The van der Waals surface area contributed by atoms with E-state index in [4.69, 9.17) is 9.47 Å². The molecule has 3 aliphatic carbocycles. The Kier molecular flexibility index (Phi) is 3.58. The summed E-state index contributed by atoms with van der Waals surface area (Å²) in [5.74, 6) is 4.53. The summed E-state index contributed by atoms with van der Waals surface area (Å²) in [6.07, 6.45) is 4.12. The van der Waals surface area contributed by atoms with Crippen molar-refractivity contribution < 1.29 is 14.3 Å². The molecule has 0 radical (unpaired) electrons. The van der Waals surface area contributed by atoms with Crippen LogP contribution in [0.15, 0.2) is 18.2 Å². The Morgan fingerprint density at radius 1 is 1.22 bits per heavy atom. The number of fused-ring (bicyclic) bond motifs is 5. The molecule has 4 rings (SSSR count). The third-order valence-electron chi connectivity index (χ3n) is 5.75. The van der Waals surface area contributed by atoms with E-state index in [1.54, 1.807) is 13.2 Å². The normalized spacial score (nSPS) is 33.0. The summed E-state index contributed by atoms with van der Waals surface area (Å²) < 4.78 is 10.8. The van der Waals surface area contributed by atoms with Gasteiger partial charge in [0.05, 0.1) is 13.7 Å². The Balaban J connectivity index is 1.37. The van der Waals surface area contributed by atoms with Gasteiger partial charge in [0.1, 0.15) is 0 Å². The third kappa shape index (κ3) is 2.52. The summed E-state index contributed by atoms with van der Waals surface area (Å²) in [5, 5.41) is 6.08. The molecule has 0 spiro atoms. The van der Waals surface area contributed by atoms with E-state index in [0.717, 1.165) is 29.4 Å². The second-order valence-electron chi connectivity index (χ2n) is 6.91. The van der Waals surface area contributed by atoms with Gasteiger partial charge in [-0.25, -0.2) is 4.79 Å². The summed E-state index contributed by atoms with van der Waals surface area (Å²) >= 11 is 0. The first-order valence-electron chi connectivity index (χ1n) is 8.59. The van der Waals surface area contributed by atoms with Gasteiger partial charge in [-0.15, -0.1) is 0 Å². The Morgan fingerprint density at radius 3 is 2.61 bits per heavy atom. The van der Waals surface area contributed by atoms with Crippen molar-refractivity contribution in [1.29, 1.82) is 0 Å². The first-order chi connectivity index (χ1) is 11.2. The minimum Gasteiger partial charge on any atom is -0.493 e. The van der Waals surface area contributed by atoms with Gasteiger partial charge >= 0.3 is 6.03 Å². The molecule has 0 aromatic heterocycles. The molecule has 4 atom stereocenters. The van der Waals surface area contributed by atoms with Gasteiger partial charge in [-0.3, -0.25) is 0 Å². The summed E-state index contributed by atoms with van der Waals surface area (Å²) in [6.45, 7) is 2.48. The van der Waals surface area contributed by atoms with E-state index in [9.17, 15) is 4.79 Å². The largest absolute Gasteiger partial charge is 0.493 e. The topological polar surface area (TPSA) is 59.6 Å². The highest BCUT2D eigenvalue weighted by atomic mass is 16.5. The van der Waals surface area contributed by atoms with E-state index < -0.39 is 0 Å². The Morgan fingerprint density at radius 2 is 1.96 bits per heavy atom. The van der Waals surface area contributed by atoms with Gasteiger partial charge in [0.15, 0.2) is 11.5 Å². The van der Waals surface area contributed by atoms with Gasteiger partial charge in [-0.2, -0.15) is 0 Å². The van der Waals surface area contributed by atoms with Crippen LogP contribution in [0.1, 0.15) is 26.2 Å². The van der Waals surface area contributed by atoms with Crippen molar-refractivity contribution in [3.8, 4) is 11.5 Å². The number of rotatable bonds is 5. The minimum absolute atomic E-state index is 0.114. The number of benzene rings is 1. The van der Waals surface area contributed by atoms with Crippen LogP contribution >= 0.6 is 0 Å². The molecule has 5 nitrogen and oxygen atoms in total. The molecule has 0 heterocycles. The monoisotopic (exact) mass is 316 g/mol. The number of nitrogens with one attached hydrogen (secondary N) is 2. The molecule has 23 heavy (non-hydrogen) atoms. The van der Waals surface area contributed by atoms with Crippen molar-refractivity contribution in [3.63, 3.8) is 0 Å². The lowest BCUT2D eigenvalue weighted by Crippen LogP contribution is -2.33. The van der Waals surface area contributed by atoms with Crippen LogP contribution in [0.3, 0.4) is 0 Å². The number of hydrogen-bond donors (Lipinski definition) is 2. The quantitative estimate of drug-likeness (QED) is 0.876. The second-order valence-corrected chi connectivity index (χ2v) is 6.91. The van der Waals surface area contributed by atoms with Crippen molar-refractivity contribution in [2.24, 2.45) is 23.7 Å². The average Bonchev–Trinajstić information content (AvgIpc) is 2.93. The average molecular weight is 316 g/mol. The highest BCUT2D eigenvalue weighted by molar-refractivity contribution is 5.90. The van der Waals surface area contributed by atoms with Gasteiger partial charge in [-0.1, -0.05) is 0 Å². The van der Waals surface area contributed by atoms with Crippen molar-refractivity contribution in [2.75, 3.05) is 19.0 Å². The lowest BCUT2D eigenvalue weighted by Gasteiger charge is -2.14. The fourth-order valence-electron chi connectivity index (χ4n) is 4.86. The Bertz CT molecular complexity index is 602. The summed E-state index contributed by atoms with van der Waals surface area (Å²) in [4.78, 5) is 12.3. The molecule has 1 aromatic carbocycles. The van der Waals surface area contributed by atoms with Gasteiger partial charge in [0.25, 0.3) is 0 Å². The molecule has 3 fully saturated rings. The number of urea groups is 1. The van der Waals surface area contributed by atoms with Gasteiger partial charge in [-0.05, 0) is 62.0 Å².